The van der Waals surface area contributed by atoms with E-state index in [0.29, 0.717) is 5.56 Å². The molecule has 0 spiro atoms. The van der Waals surface area contributed by atoms with E-state index >= 15 is 0 Å². The van der Waals surface area contributed by atoms with Gasteiger partial charge in [0.2, 0.25) is 0 Å². The van der Waals surface area contributed by atoms with Crippen molar-refractivity contribution in [2.24, 2.45) is 0 Å². The minimum absolute atomic E-state index is 0.0992. The van der Waals surface area contributed by atoms with Crippen molar-refractivity contribution < 1.29 is 26.3 Å². The van der Waals surface area contributed by atoms with E-state index in [1.165, 1.54) is 0 Å². The molecular formula is C18H12F6. The molecule has 1 aliphatic rings. The SMILES string of the molecule is CC1=Cc2cc(-c3cc(C(F)(F)F)cc(C(F)(F)F)c3)ccc2C1. The largest absolute Gasteiger partial charge is 0.416 e. The van der Waals surface area contributed by atoms with Gasteiger partial charge in [0.05, 0.1) is 11.1 Å². The van der Waals surface area contributed by atoms with E-state index in [1.54, 1.807) is 18.2 Å². The number of alkyl halides is 6. The minimum atomic E-state index is -4.84. The van der Waals surface area contributed by atoms with Crippen LogP contribution in [-0.4, -0.2) is 0 Å². The average molecular weight is 342 g/mol. The molecule has 0 fully saturated rings. The van der Waals surface area contributed by atoms with E-state index in [0.717, 1.165) is 35.3 Å². The lowest BCUT2D eigenvalue weighted by Crippen LogP contribution is -2.11. The molecule has 0 atom stereocenters. The summed E-state index contributed by atoms with van der Waals surface area (Å²) in [7, 11) is 0. The molecule has 0 N–H and O–H groups in total. The van der Waals surface area contributed by atoms with E-state index in [2.05, 4.69) is 0 Å². The molecule has 0 saturated carbocycles. The Morgan fingerprint density at radius 2 is 1.33 bits per heavy atom. The zero-order valence-electron chi connectivity index (χ0n) is 12.5. The average Bonchev–Trinajstić information content (AvgIpc) is 2.84. The zero-order chi connectivity index (χ0) is 17.7. The molecule has 6 heteroatoms. The second-order valence-corrected chi connectivity index (χ2v) is 5.88. The third kappa shape index (κ3) is 3.18. The van der Waals surface area contributed by atoms with Crippen molar-refractivity contribution in [1.29, 1.82) is 0 Å². The summed E-state index contributed by atoms with van der Waals surface area (Å²) >= 11 is 0. The maximum atomic E-state index is 12.9. The van der Waals surface area contributed by atoms with Crippen molar-refractivity contribution in [2.75, 3.05) is 0 Å². The first-order valence-corrected chi connectivity index (χ1v) is 7.14. The monoisotopic (exact) mass is 342 g/mol. The highest BCUT2D eigenvalue weighted by molar-refractivity contribution is 5.73. The van der Waals surface area contributed by atoms with Gasteiger partial charge in [-0.15, -0.1) is 0 Å². The van der Waals surface area contributed by atoms with E-state index in [1.807, 2.05) is 13.0 Å². The van der Waals surface area contributed by atoms with Crippen LogP contribution in [0.3, 0.4) is 0 Å². The summed E-state index contributed by atoms with van der Waals surface area (Å²) in [5.41, 5.74) is 0.561. The Bertz CT molecular complexity index is 792. The Hall–Kier alpha value is -2.24. The van der Waals surface area contributed by atoms with Gasteiger partial charge in [0.1, 0.15) is 0 Å². The molecule has 0 bridgehead atoms. The Kier molecular flexibility index (Phi) is 3.73. The van der Waals surface area contributed by atoms with Crippen LogP contribution in [0.25, 0.3) is 17.2 Å². The summed E-state index contributed by atoms with van der Waals surface area (Å²) in [5, 5.41) is 0. The first-order valence-electron chi connectivity index (χ1n) is 7.14. The number of halogens is 6. The van der Waals surface area contributed by atoms with Crippen molar-refractivity contribution in [2.45, 2.75) is 25.7 Å². The van der Waals surface area contributed by atoms with Crippen molar-refractivity contribution >= 4 is 6.08 Å². The third-order valence-electron chi connectivity index (χ3n) is 3.94. The first kappa shape index (κ1) is 16.6. The Labute approximate surface area is 134 Å². The summed E-state index contributed by atoms with van der Waals surface area (Å²) in [6.45, 7) is 1.92. The molecule has 2 aromatic rings. The topological polar surface area (TPSA) is 0 Å². The summed E-state index contributed by atoms with van der Waals surface area (Å²) in [6.07, 6.45) is -7.06. The van der Waals surface area contributed by atoms with Crippen molar-refractivity contribution in [3.8, 4) is 11.1 Å². The maximum absolute atomic E-state index is 12.9. The molecule has 0 nitrogen and oxygen atoms in total. The van der Waals surface area contributed by atoms with Crippen LogP contribution >= 0.6 is 0 Å². The van der Waals surface area contributed by atoms with Crippen LogP contribution in [0, 0.1) is 0 Å². The van der Waals surface area contributed by atoms with Gasteiger partial charge in [-0.25, -0.2) is 0 Å². The van der Waals surface area contributed by atoms with Crippen LogP contribution in [-0.2, 0) is 18.8 Å². The highest BCUT2D eigenvalue weighted by Gasteiger charge is 2.37. The lowest BCUT2D eigenvalue weighted by atomic mass is 9.96. The molecule has 126 valence electrons. The zero-order valence-corrected chi connectivity index (χ0v) is 12.5. The van der Waals surface area contributed by atoms with Crippen LogP contribution < -0.4 is 0 Å². The normalized spacial score (nSPS) is 14.5. The van der Waals surface area contributed by atoms with Crippen LogP contribution in [0.15, 0.2) is 42.0 Å². The Morgan fingerprint density at radius 1 is 0.750 bits per heavy atom. The molecule has 0 amide bonds. The smallest absolute Gasteiger partial charge is 0.166 e. The van der Waals surface area contributed by atoms with Gasteiger partial charge in [-0.1, -0.05) is 23.8 Å². The Morgan fingerprint density at radius 3 is 1.88 bits per heavy atom. The van der Waals surface area contributed by atoms with Gasteiger partial charge < -0.3 is 0 Å². The molecule has 0 aromatic heterocycles. The number of hydrogen-bond acceptors (Lipinski definition) is 0. The molecule has 0 heterocycles. The molecule has 24 heavy (non-hydrogen) atoms. The van der Waals surface area contributed by atoms with Crippen LogP contribution in [0.2, 0.25) is 0 Å². The lowest BCUT2D eigenvalue weighted by Gasteiger charge is -2.15. The quantitative estimate of drug-likeness (QED) is 0.530. The highest BCUT2D eigenvalue weighted by Crippen LogP contribution is 2.39. The molecule has 0 saturated heterocycles. The second-order valence-electron chi connectivity index (χ2n) is 5.88. The van der Waals surface area contributed by atoms with Gasteiger partial charge >= 0.3 is 12.4 Å². The van der Waals surface area contributed by atoms with E-state index in [-0.39, 0.29) is 11.6 Å². The van der Waals surface area contributed by atoms with Crippen LogP contribution in [0.4, 0.5) is 26.3 Å². The number of rotatable bonds is 1. The fraction of sp³-hybridized carbons (Fsp3) is 0.222. The van der Waals surface area contributed by atoms with Gasteiger partial charge in [0.25, 0.3) is 0 Å². The second kappa shape index (κ2) is 5.40. The fourth-order valence-electron chi connectivity index (χ4n) is 2.81. The molecule has 0 unspecified atom stereocenters. The molecular weight excluding hydrogens is 330 g/mol. The van der Waals surface area contributed by atoms with Crippen molar-refractivity contribution in [3.05, 3.63) is 64.2 Å². The molecule has 2 aromatic carbocycles. The highest BCUT2D eigenvalue weighted by atomic mass is 19.4. The van der Waals surface area contributed by atoms with E-state index in [4.69, 9.17) is 0 Å². The van der Waals surface area contributed by atoms with Crippen LogP contribution in [0.1, 0.15) is 29.2 Å². The summed E-state index contributed by atoms with van der Waals surface area (Å²) in [5.74, 6) is 0. The number of allylic oxidation sites excluding steroid dienone is 1. The number of hydrogen-bond donors (Lipinski definition) is 0. The van der Waals surface area contributed by atoms with Gasteiger partial charge in [0.15, 0.2) is 0 Å². The Balaban J connectivity index is 2.16. The van der Waals surface area contributed by atoms with Crippen LogP contribution in [0.5, 0.6) is 0 Å². The van der Waals surface area contributed by atoms with Gasteiger partial charge in [-0.3, -0.25) is 0 Å². The van der Waals surface area contributed by atoms with Gasteiger partial charge in [-0.2, -0.15) is 26.3 Å². The summed E-state index contributed by atoms with van der Waals surface area (Å²) in [4.78, 5) is 0. The molecule has 3 rings (SSSR count). The standard InChI is InChI=1S/C18H12F6/c1-10-4-11-2-3-12(6-13(11)5-10)14-7-15(17(19,20)21)9-16(8-14)18(22,23)24/h2-3,5-9H,4H2,1H3. The van der Waals surface area contributed by atoms with E-state index < -0.39 is 23.5 Å². The predicted octanol–water partition coefficient (Wildman–Crippen LogP) is 6.35. The summed E-state index contributed by atoms with van der Waals surface area (Å²) < 4.78 is 77.7. The minimum Gasteiger partial charge on any atom is -0.166 e. The maximum Gasteiger partial charge on any atom is 0.416 e. The third-order valence-corrected chi connectivity index (χ3v) is 3.94. The predicted molar refractivity (Wildman–Crippen MR) is 79.2 cm³/mol. The number of fused-ring (bicyclic) bond motifs is 1. The number of benzene rings is 2. The van der Waals surface area contributed by atoms with Gasteiger partial charge in [-0.05, 0) is 59.9 Å². The molecule has 1 aliphatic carbocycles. The lowest BCUT2D eigenvalue weighted by molar-refractivity contribution is -0.143. The molecule has 0 radical (unpaired) electrons. The van der Waals surface area contributed by atoms with Crippen molar-refractivity contribution in [1.82, 2.24) is 0 Å². The molecule has 0 aliphatic heterocycles. The summed E-state index contributed by atoms with van der Waals surface area (Å²) in [6, 6.07) is 6.57. The van der Waals surface area contributed by atoms with Crippen molar-refractivity contribution in [3.63, 3.8) is 0 Å². The first-order chi connectivity index (χ1) is 11.0. The van der Waals surface area contributed by atoms with Gasteiger partial charge in [0, 0.05) is 0 Å². The van der Waals surface area contributed by atoms with E-state index in [9.17, 15) is 26.3 Å². The fourth-order valence-corrected chi connectivity index (χ4v) is 2.81.